The molecule has 168 valence electrons. The summed E-state index contributed by atoms with van der Waals surface area (Å²) >= 11 is 0. The summed E-state index contributed by atoms with van der Waals surface area (Å²) in [4.78, 5) is 11.7. The minimum absolute atomic E-state index is 0.519. The van der Waals surface area contributed by atoms with E-state index in [9.17, 15) is 8.78 Å². The predicted molar refractivity (Wildman–Crippen MR) is 123 cm³/mol. The molecular formula is C26H30F2N4. The van der Waals surface area contributed by atoms with Crippen molar-refractivity contribution in [3.63, 3.8) is 0 Å². The van der Waals surface area contributed by atoms with Crippen LogP contribution in [0.5, 0.6) is 0 Å². The van der Waals surface area contributed by atoms with Gasteiger partial charge in [0.15, 0.2) is 0 Å². The van der Waals surface area contributed by atoms with Crippen LogP contribution in [0.2, 0.25) is 0 Å². The van der Waals surface area contributed by atoms with Crippen molar-refractivity contribution >= 4 is 0 Å². The lowest BCUT2D eigenvalue weighted by atomic mass is 10.0. The maximum Gasteiger partial charge on any atom is 0.128 e. The molecule has 1 aliphatic heterocycles. The van der Waals surface area contributed by atoms with Crippen LogP contribution in [-0.2, 0) is 19.4 Å². The number of halogens is 2. The van der Waals surface area contributed by atoms with E-state index in [1.54, 1.807) is 6.20 Å². The van der Waals surface area contributed by atoms with Crippen molar-refractivity contribution < 1.29 is 8.78 Å². The van der Waals surface area contributed by atoms with Crippen molar-refractivity contribution in [1.82, 2.24) is 20.2 Å². The zero-order valence-corrected chi connectivity index (χ0v) is 18.7. The Morgan fingerprint density at radius 3 is 2.62 bits per heavy atom. The topological polar surface area (TPSA) is 41.0 Å². The Bertz CT molecular complexity index is 1050. The summed E-state index contributed by atoms with van der Waals surface area (Å²) in [6.07, 6.45) is 3.76. The fraction of sp³-hybridized carbons (Fsp3) is 0.385. The maximum atomic E-state index is 13.4. The standard InChI is InChI=1S/C26H30F2N4/c1-18-6-7-21(17-32-11-10-29-16-19(32)2)14-24(18)25-8-9-30-26(31-25)5-3-4-20-12-22(27)15-23(28)13-20/h6-9,12-15,19,29H,3-5,10-11,16-17H2,1-2H3/t19-/m0/s1. The summed E-state index contributed by atoms with van der Waals surface area (Å²) in [5.41, 5.74) is 5.17. The van der Waals surface area contributed by atoms with Gasteiger partial charge in [-0.3, -0.25) is 4.90 Å². The van der Waals surface area contributed by atoms with Crippen LogP contribution in [-0.4, -0.2) is 40.5 Å². The molecule has 0 saturated carbocycles. The SMILES string of the molecule is Cc1ccc(CN2CCNC[C@@H]2C)cc1-c1ccnc(CCCc2cc(F)cc(F)c2)n1. The second-order valence-corrected chi connectivity index (χ2v) is 8.66. The van der Waals surface area contributed by atoms with E-state index in [4.69, 9.17) is 4.98 Å². The lowest BCUT2D eigenvalue weighted by molar-refractivity contribution is 0.165. The molecule has 3 aromatic rings. The van der Waals surface area contributed by atoms with E-state index < -0.39 is 11.6 Å². The quantitative estimate of drug-likeness (QED) is 0.583. The van der Waals surface area contributed by atoms with E-state index in [0.29, 0.717) is 24.4 Å². The van der Waals surface area contributed by atoms with Gasteiger partial charge in [-0.15, -0.1) is 0 Å². The second kappa shape index (κ2) is 10.3. The van der Waals surface area contributed by atoms with Crippen molar-refractivity contribution in [2.24, 2.45) is 0 Å². The molecular weight excluding hydrogens is 406 g/mol. The van der Waals surface area contributed by atoms with Crippen LogP contribution in [0.4, 0.5) is 8.78 Å². The van der Waals surface area contributed by atoms with Crippen LogP contribution in [0.25, 0.3) is 11.3 Å². The monoisotopic (exact) mass is 436 g/mol. The molecule has 0 radical (unpaired) electrons. The molecule has 0 aliphatic carbocycles. The molecule has 1 N–H and O–H groups in total. The highest BCUT2D eigenvalue weighted by Gasteiger charge is 2.18. The van der Waals surface area contributed by atoms with Crippen LogP contribution in [0.3, 0.4) is 0 Å². The number of aryl methyl sites for hydroxylation is 3. The highest BCUT2D eigenvalue weighted by Crippen LogP contribution is 2.24. The number of hydrogen-bond acceptors (Lipinski definition) is 4. The molecule has 2 aromatic carbocycles. The van der Waals surface area contributed by atoms with Crippen LogP contribution < -0.4 is 5.32 Å². The smallest absolute Gasteiger partial charge is 0.128 e. The highest BCUT2D eigenvalue weighted by atomic mass is 19.1. The predicted octanol–water partition coefficient (Wildman–Crippen LogP) is 4.70. The summed E-state index contributed by atoms with van der Waals surface area (Å²) < 4.78 is 26.8. The molecule has 2 heterocycles. The minimum atomic E-state index is -0.538. The summed E-state index contributed by atoms with van der Waals surface area (Å²) in [7, 11) is 0. The largest absolute Gasteiger partial charge is 0.314 e. The van der Waals surface area contributed by atoms with Gasteiger partial charge in [-0.1, -0.05) is 12.1 Å². The molecule has 32 heavy (non-hydrogen) atoms. The van der Waals surface area contributed by atoms with Crippen molar-refractivity contribution in [2.45, 2.75) is 45.7 Å². The molecule has 1 aliphatic rings. The number of benzene rings is 2. The fourth-order valence-electron chi connectivity index (χ4n) is 4.27. The van der Waals surface area contributed by atoms with Crippen molar-refractivity contribution in [3.8, 4) is 11.3 Å². The lowest BCUT2D eigenvalue weighted by Crippen LogP contribution is -2.49. The van der Waals surface area contributed by atoms with Crippen molar-refractivity contribution in [3.05, 3.63) is 82.8 Å². The molecule has 1 fully saturated rings. The maximum absolute atomic E-state index is 13.4. The van der Waals surface area contributed by atoms with E-state index in [2.05, 4.69) is 47.2 Å². The average molecular weight is 437 g/mol. The normalized spacial score (nSPS) is 16.9. The molecule has 4 rings (SSSR count). The Morgan fingerprint density at radius 2 is 1.84 bits per heavy atom. The Balaban J connectivity index is 1.45. The fourth-order valence-corrected chi connectivity index (χ4v) is 4.27. The lowest BCUT2D eigenvalue weighted by Gasteiger charge is -2.34. The van der Waals surface area contributed by atoms with E-state index in [0.717, 1.165) is 55.7 Å². The number of nitrogens with one attached hydrogen (secondary N) is 1. The molecule has 1 saturated heterocycles. The first-order chi connectivity index (χ1) is 15.5. The first-order valence-corrected chi connectivity index (χ1v) is 11.3. The first-order valence-electron chi connectivity index (χ1n) is 11.3. The summed E-state index contributed by atoms with van der Waals surface area (Å²) in [5.74, 6) is -0.326. The van der Waals surface area contributed by atoms with E-state index >= 15 is 0 Å². The highest BCUT2D eigenvalue weighted by molar-refractivity contribution is 5.64. The van der Waals surface area contributed by atoms with Gasteiger partial charge in [0.05, 0.1) is 5.69 Å². The number of hydrogen-bond donors (Lipinski definition) is 1. The molecule has 1 atom stereocenters. The number of rotatable bonds is 7. The molecule has 0 unspecified atom stereocenters. The minimum Gasteiger partial charge on any atom is -0.314 e. The van der Waals surface area contributed by atoms with Crippen LogP contribution in [0, 0.1) is 18.6 Å². The van der Waals surface area contributed by atoms with Crippen LogP contribution in [0.1, 0.15) is 35.9 Å². The number of aromatic nitrogens is 2. The van der Waals surface area contributed by atoms with Crippen molar-refractivity contribution in [1.29, 1.82) is 0 Å². The van der Waals surface area contributed by atoms with Crippen molar-refractivity contribution in [2.75, 3.05) is 19.6 Å². The zero-order valence-electron chi connectivity index (χ0n) is 18.7. The molecule has 0 spiro atoms. The third-order valence-electron chi connectivity index (χ3n) is 6.10. The van der Waals surface area contributed by atoms with Gasteiger partial charge in [-0.25, -0.2) is 18.7 Å². The molecule has 0 bridgehead atoms. The Hall–Kier alpha value is -2.70. The Morgan fingerprint density at radius 1 is 1.03 bits per heavy atom. The Kier molecular flexibility index (Phi) is 7.22. The third kappa shape index (κ3) is 5.75. The summed E-state index contributed by atoms with van der Waals surface area (Å²) in [5, 5.41) is 3.44. The van der Waals surface area contributed by atoms with E-state index in [1.165, 1.54) is 23.3 Å². The molecule has 1 aromatic heterocycles. The number of piperazine rings is 1. The van der Waals surface area contributed by atoms with Gasteiger partial charge in [-0.2, -0.15) is 0 Å². The van der Waals surface area contributed by atoms with Gasteiger partial charge in [-0.05, 0) is 67.6 Å². The van der Waals surface area contributed by atoms with Crippen LogP contribution in [0.15, 0.2) is 48.7 Å². The molecule has 6 heteroatoms. The van der Waals surface area contributed by atoms with Gasteiger partial charge in [0.1, 0.15) is 17.5 Å². The van der Waals surface area contributed by atoms with Gasteiger partial charge < -0.3 is 5.32 Å². The Labute approximate surface area is 188 Å². The second-order valence-electron chi connectivity index (χ2n) is 8.66. The zero-order chi connectivity index (χ0) is 22.5. The summed E-state index contributed by atoms with van der Waals surface area (Å²) in [6.45, 7) is 8.40. The van der Waals surface area contributed by atoms with Gasteiger partial charge in [0.2, 0.25) is 0 Å². The van der Waals surface area contributed by atoms with E-state index in [-0.39, 0.29) is 0 Å². The van der Waals surface area contributed by atoms with Gasteiger partial charge in [0.25, 0.3) is 0 Å². The third-order valence-corrected chi connectivity index (χ3v) is 6.10. The van der Waals surface area contributed by atoms with E-state index in [1.807, 2.05) is 6.07 Å². The van der Waals surface area contributed by atoms with Gasteiger partial charge in [0, 0.05) is 56.5 Å². The first kappa shape index (κ1) is 22.5. The molecule has 0 amide bonds. The average Bonchev–Trinajstić information content (AvgIpc) is 2.76. The van der Waals surface area contributed by atoms with Gasteiger partial charge >= 0.3 is 0 Å². The summed E-state index contributed by atoms with van der Waals surface area (Å²) in [6, 6.07) is 12.7. The molecule has 4 nitrogen and oxygen atoms in total. The number of nitrogens with zero attached hydrogens (tertiary/aromatic N) is 3. The van der Waals surface area contributed by atoms with Crippen LogP contribution >= 0.6 is 0 Å².